The fourth-order valence-electron chi connectivity index (χ4n) is 3.00. The van der Waals surface area contributed by atoms with Crippen molar-refractivity contribution in [2.45, 2.75) is 6.92 Å². The Morgan fingerprint density at radius 1 is 1.11 bits per heavy atom. The summed E-state index contributed by atoms with van der Waals surface area (Å²) >= 11 is 1.01. The molecule has 136 valence electrons. The molecule has 1 aliphatic rings. The Balaban J connectivity index is 1.82. The van der Waals surface area contributed by atoms with Gasteiger partial charge in [0.15, 0.2) is 5.17 Å². The monoisotopic (exact) mass is 380 g/mol. The van der Waals surface area contributed by atoms with Gasteiger partial charge in [-0.25, -0.2) is 9.58 Å². The highest BCUT2D eigenvalue weighted by Gasteiger charge is 2.38. The Hall–Kier alpha value is -3.26. The second-order valence-corrected chi connectivity index (χ2v) is 7.01. The molecule has 1 fully saturated rings. The first-order chi connectivity index (χ1) is 13.0. The minimum atomic E-state index is -0.410. The summed E-state index contributed by atoms with van der Waals surface area (Å²) < 4.78 is 8.42. The molecule has 0 spiro atoms. The molecule has 2 aromatic heterocycles. The van der Waals surface area contributed by atoms with Gasteiger partial charge in [0.2, 0.25) is 0 Å². The van der Waals surface area contributed by atoms with E-state index in [1.165, 1.54) is 10.9 Å². The van der Waals surface area contributed by atoms with E-state index in [1.807, 2.05) is 30.3 Å². The molecule has 1 amide bonds. The molecular weight excluding hydrogens is 364 g/mol. The first kappa shape index (κ1) is 17.2. The van der Waals surface area contributed by atoms with Gasteiger partial charge < -0.3 is 4.42 Å². The van der Waals surface area contributed by atoms with Crippen LogP contribution in [-0.4, -0.2) is 20.4 Å². The van der Waals surface area contributed by atoms with Crippen LogP contribution < -0.4 is 10.5 Å². The standard InChI is InChI=1S/C19H16N4O3S/c1-12-16(18(25)23(21(12)2)13-7-4-3-5-8-13)22-17(24)15(27-19(22)20)11-14-9-6-10-26-14/h3-11,20H,1-2H3/b15-11-,20-19?. The molecule has 1 aromatic carbocycles. The number of carbonyl (C=O) groups is 1. The lowest BCUT2D eigenvalue weighted by molar-refractivity contribution is -0.113. The third-order valence-corrected chi connectivity index (χ3v) is 5.28. The number of anilines is 1. The number of rotatable bonds is 3. The van der Waals surface area contributed by atoms with E-state index in [2.05, 4.69) is 0 Å². The molecule has 1 saturated heterocycles. The number of thioether (sulfide) groups is 1. The predicted molar refractivity (Wildman–Crippen MR) is 105 cm³/mol. The maximum absolute atomic E-state index is 13.1. The number of furan rings is 1. The lowest BCUT2D eigenvalue weighted by atomic mass is 10.3. The van der Waals surface area contributed by atoms with Crippen molar-refractivity contribution >= 4 is 34.6 Å². The molecule has 3 aromatic rings. The van der Waals surface area contributed by atoms with Crippen molar-refractivity contribution < 1.29 is 9.21 Å². The maximum Gasteiger partial charge on any atom is 0.296 e. The first-order valence-corrected chi connectivity index (χ1v) is 9.01. The molecule has 0 aliphatic carbocycles. The number of benzene rings is 1. The van der Waals surface area contributed by atoms with Gasteiger partial charge in [-0.3, -0.25) is 19.7 Å². The number of hydrogen-bond donors (Lipinski definition) is 1. The third-order valence-electron chi connectivity index (χ3n) is 4.39. The highest BCUT2D eigenvalue weighted by Crippen LogP contribution is 2.35. The maximum atomic E-state index is 13.1. The lowest BCUT2D eigenvalue weighted by Crippen LogP contribution is -2.33. The molecule has 1 N–H and O–H groups in total. The average molecular weight is 380 g/mol. The fourth-order valence-corrected chi connectivity index (χ4v) is 3.83. The molecule has 0 bridgehead atoms. The van der Waals surface area contributed by atoms with Crippen LogP contribution in [0.2, 0.25) is 0 Å². The van der Waals surface area contributed by atoms with E-state index in [0.717, 1.165) is 16.7 Å². The summed E-state index contributed by atoms with van der Waals surface area (Å²) in [6, 6.07) is 12.6. The summed E-state index contributed by atoms with van der Waals surface area (Å²) in [6.07, 6.45) is 3.09. The minimum absolute atomic E-state index is 0.0104. The van der Waals surface area contributed by atoms with Gasteiger partial charge in [0.05, 0.1) is 22.5 Å². The van der Waals surface area contributed by atoms with Crippen LogP contribution in [0.25, 0.3) is 11.8 Å². The molecule has 27 heavy (non-hydrogen) atoms. The van der Waals surface area contributed by atoms with Crippen molar-refractivity contribution in [1.29, 1.82) is 5.41 Å². The Morgan fingerprint density at radius 2 is 1.85 bits per heavy atom. The molecule has 0 unspecified atom stereocenters. The van der Waals surface area contributed by atoms with Crippen LogP contribution in [-0.2, 0) is 11.8 Å². The number of nitrogens with one attached hydrogen (secondary N) is 1. The van der Waals surface area contributed by atoms with Gasteiger partial charge in [0.25, 0.3) is 11.5 Å². The molecule has 1 aliphatic heterocycles. The Kier molecular flexibility index (Phi) is 4.12. The van der Waals surface area contributed by atoms with Crippen molar-refractivity contribution in [3.05, 3.63) is 75.4 Å². The number of hydrogen-bond acceptors (Lipinski definition) is 5. The van der Waals surface area contributed by atoms with E-state index in [9.17, 15) is 9.59 Å². The largest absolute Gasteiger partial charge is 0.465 e. The molecule has 0 saturated carbocycles. The number of para-hydroxylation sites is 1. The van der Waals surface area contributed by atoms with E-state index in [0.29, 0.717) is 22.0 Å². The van der Waals surface area contributed by atoms with Crippen molar-refractivity contribution in [3.63, 3.8) is 0 Å². The Bertz CT molecular complexity index is 1120. The van der Waals surface area contributed by atoms with Gasteiger partial charge in [-0.05, 0) is 43.0 Å². The fraction of sp³-hybridized carbons (Fsp3) is 0.105. The number of aromatic nitrogens is 2. The summed E-state index contributed by atoms with van der Waals surface area (Å²) in [5.74, 6) is 0.111. The predicted octanol–water partition coefficient (Wildman–Crippen LogP) is 3.13. The normalized spacial score (nSPS) is 15.9. The van der Waals surface area contributed by atoms with Gasteiger partial charge in [-0.2, -0.15) is 0 Å². The Morgan fingerprint density at radius 3 is 2.52 bits per heavy atom. The summed E-state index contributed by atoms with van der Waals surface area (Å²) in [5, 5.41) is 8.24. The number of amides is 1. The summed E-state index contributed by atoms with van der Waals surface area (Å²) in [4.78, 5) is 27.5. The highest BCUT2D eigenvalue weighted by molar-refractivity contribution is 8.19. The van der Waals surface area contributed by atoms with Crippen LogP contribution in [0.4, 0.5) is 5.69 Å². The SMILES string of the molecule is Cc1c(N2C(=N)S/C(=C\c3ccco3)C2=O)c(=O)n(-c2ccccc2)n1C. The van der Waals surface area contributed by atoms with Crippen molar-refractivity contribution in [2.24, 2.45) is 7.05 Å². The molecule has 0 radical (unpaired) electrons. The van der Waals surface area contributed by atoms with E-state index >= 15 is 0 Å². The van der Waals surface area contributed by atoms with Gasteiger partial charge in [-0.15, -0.1) is 0 Å². The first-order valence-electron chi connectivity index (χ1n) is 8.19. The van der Waals surface area contributed by atoms with Crippen molar-refractivity contribution in [1.82, 2.24) is 9.36 Å². The van der Waals surface area contributed by atoms with E-state index in [4.69, 9.17) is 9.83 Å². The highest BCUT2D eigenvalue weighted by atomic mass is 32.2. The van der Waals surface area contributed by atoms with Crippen LogP contribution in [0.3, 0.4) is 0 Å². The van der Waals surface area contributed by atoms with E-state index in [-0.39, 0.29) is 16.4 Å². The number of amidine groups is 1. The smallest absolute Gasteiger partial charge is 0.296 e. The van der Waals surface area contributed by atoms with Crippen molar-refractivity contribution in [2.75, 3.05) is 4.90 Å². The van der Waals surface area contributed by atoms with Crippen LogP contribution in [0.1, 0.15) is 11.5 Å². The topological polar surface area (TPSA) is 84.2 Å². The molecule has 8 heteroatoms. The second-order valence-electron chi connectivity index (χ2n) is 5.98. The summed E-state index contributed by atoms with van der Waals surface area (Å²) in [5.41, 5.74) is 1.13. The van der Waals surface area contributed by atoms with Gasteiger partial charge in [0, 0.05) is 13.1 Å². The zero-order valence-corrected chi connectivity index (χ0v) is 15.5. The zero-order valence-electron chi connectivity index (χ0n) is 14.7. The van der Waals surface area contributed by atoms with Gasteiger partial charge in [0.1, 0.15) is 11.4 Å². The van der Waals surface area contributed by atoms with Crippen LogP contribution in [0, 0.1) is 12.3 Å². The Labute approximate surface area is 159 Å². The molecule has 0 atom stereocenters. The molecule has 7 nitrogen and oxygen atoms in total. The second kappa shape index (κ2) is 6.48. The third kappa shape index (κ3) is 2.74. The molecule has 4 rings (SSSR count). The summed E-state index contributed by atoms with van der Waals surface area (Å²) in [6.45, 7) is 1.76. The van der Waals surface area contributed by atoms with Crippen LogP contribution >= 0.6 is 11.8 Å². The van der Waals surface area contributed by atoms with Crippen LogP contribution in [0.5, 0.6) is 0 Å². The van der Waals surface area contributed by atoms with E-state index < -0.39 is 5.91 Å². The number of nitrogens with zero attached hydrogens (tertiary/aromatic N) is 3. The van der Waals surface area contributed by atoms with Crippen LogP contribution in [0.15, 0.2) is 62.8 Å². The van der Waals surface area contributed by atoms with Crippen molar-refractivity contribution in [3.8, 4) is 5.69 Å². The average Bonchev–Trinajstić information content (AvgIpc) is 3.31. The zero-order chi connectivity index (χ0) is 19.1. The van der Waals surface area contributed by atoms with E-state index in [1.54, 1.807) is 36.9 Å². The molecule has 3 heterocycles. The van der Waals surface area contributed by atoms with Gasteiger partial charge in [-0.1, -0.05) is 18.2 Å². The van der Waals surface area contributed by atoms with Gasteiger partial charge >= 0.3 is 0 Å². The summed E-state index contributed by atoms with van der Waals surface area (Å²) in [7, 11) is 1.75. The quantitative estimate of drug-likeness (QED) is 0.708. The lowest BCUT2D eigenvalue weighted by Gasteiger charge is -2.12. The minimum Gasteiger partial charge on any atom is -0.465 e. The molecular formula is C19H16N4O3S. The number of carbonyl (C=O) groups excluding carboxylic acids is 1.